The number of piperidine rings is 1. The maximum absolute atomic E-state index is 4.94. The van der Waals surface area contributed by atoms with Gasteiger partial charge in [-0.3, -0.25) is 14.5 Å². The average Bonchev–Trinajstić information content (AvgIpc) is 3.01. The lowest BCUT2D eigenvalue weighted by Crippen LogP contribution is -2.34. The Morgan fingerprint density at radius 3 is 2.91 bits per heavy atom. The van der Waals surface area contributed by atoms with E-state index >= 15 is 0 Å². The monoisotopic (exact) mass is 307 g/mol. The molecule has 1 unspecified atom stereocenters. The molecule has 3 aromatic rings. The number of hydrogen-bond acceptors (Lipinski definition) is 4. The maximum atomic E-state index is 4.94. The van der Waals surface area contributed by atoms with Gasteiger partial charge in [0, 0.05) is 12.4 Å². The zero-order chi connectivity index (χ0) is 15.6. The summed E-state index contributed by atoms with van der Waals surface area (Å²) >= 11 is 0. The summed E-state index contributed by atoms with van der Waals surface area (Å²) in [5.74, 6) is 1.09. The standard InChI is InChI=1S/C18H21N5/c1-2-22-12-4-3-9-16(22)18-21-15-8-6-11-20-17(15)23(18)14-7-5-10-19-13-14/h5-8,10-11,13,16H,2-4,9,12H2,1H3. The minimum absolute atomic E-state index is 0.350. The molecule has 1 aliphatic heterocycles. The molecule has 23 heavy (non-hydrogen) atoms. The summed E-state index contributed by atoms with van der Waals surface area (Å²) in [5.41, 5.74) is 2.90. The van der Waals surface area contributed by atoms with E-state index in [1.807, 2.05) is 30.6 Å². The highest BCUT2D eigenvalue weighted by Crippen LogP contribution is 2.33. The molecule has 4 rings (SSSR count). The summed E-state index contributed by atoms with van der Waals surface area (Å²) in [6, 6.07) is 8.38. The van der Waals surface area contributed by atoms with Gasteiger partial charge in [0.2, 0.25) is 0 Å². The molecule has 4 heterocycles. The van der Waals surface area contributed by atoms with Crippen molar-refractivity contribution in [2.75, 3.05) is 13.1 Å². The zero-order valence-electron chi connectivity index (χ0n) is 13.4. The van der Waals surface area contributed by atoms with Crippen molar-refractivity contribution in [1.29, 1.82) is 0 Å². The molecule has 5 nitrogen and oxygen atoms in total. The van der Waals surface area contributed by atoms with Gasteiger partial charge in [-0.15, -0.1) is 0 Å². The van der Waals surface area contributed by atoms with Crippen LogP contribution >= 0.6 is 0 Å². The SMILES string of the molecule is CCN1CCCCC1c1nc2cccnc2n1-c1cccnc1. The molecule has 5 heteroatoms. The predicted molar refractivity (Wildman–Crippen MR) is 90.5 cm³/mol. The number of imidazole rings is 1. The Morgan fingerprint density at radius 1 is 1.17 bits per heavy atom. The third kappa shape index (κ3) is 2.51. The molecule has 0 radical (unpaired) electrons. The number of fused-ring (bicyclic) bond motifs is 1. The van der Waals surface area contributed by atoms with E-state index in [-0.39, 0.29) is 0 Å². The summed E-state index contributed by atoms with van der Waals surface area (Å²) in [5, 5.41) is 0. The molecule has 0 spiro atoms. The van der Waals surface area contributed by atoms with Crippen LogP contribution < -0.4 is 0 Å². The molecule has 1 atom stereocenters. The van der Waals surface area contributed by atoms with Gasteiger partial charge >= 0.3 is 0 Å². The normalized spacial score (nSPS) is 19.3. The lowest BCUT2D eigenvalue weighted by atomic mass is 10.0. The molecule has 1 fully saturated rings. The lowest BCUT2D eigenvalue weighted by Gasteiger charge is -2.34. The van der Waals surface area contributed by atoms with E-state index in [0.29, 0.717) is 6.04 Å². The Kier molecular flexibility index (Phi) is 3.79. The van der Waals surface area contributed by atoms with E-state index < -0.39 is 0 Å². The van der Waals surface area contributed by atoms with Gasteiger partial charge in [-0.05, 0) is 50.2 Å². The van der Waals surface area contributed by atoms with Crippen LogP contribution in [0.25, 0.3) is 16.9 Å². The van der Waals surface area contributed by atoms with Crippen LogP contribution in [0.2, 0.25) is 0 Å². The number of pyridine rings is 2. The fraction of sp³-hybridized carbons (Fsp3) is 0.389. The van der Waals surface area contributed by atoms with Crippen molar-refractivity contribution in [3.63, 3.8) is 0 Å². The number of aromatic nitrogens is 4. The summed E-state index contributed by atoms with van der Waals surface area (Å²) in [4.78, 5) is 16.3. The van der Waals surface area contributed by atoms with Crippen LogP contribution in [0.5, 0.6) is 0 Å². The molecule has 118 valence electrons. The van der Waals surface area contributed by atoms with Crippen molar-refractivity contribution < 1.29 is 0 Å². The predicted octanol–water partition coefficient (Wildman–Crippen LogP) is 3.36. The van der Waals surface area contributed by atoms with E-state index in [1.165, 1.54) is 12.8 Å². The third-order valence-corrected chi connectivity index (χ3v) is 4.66. The van der Waals surface area contributed by atoms with Crippen LogP contribution in [0.15, 0.2) is 42.9 Å². The molecule has 0 amide bonds. The van der Waals surface area contributed by atoms with Gasteiger partial charge in [0.25, 0.3) is 0 Å². The minimum atomic E-state index is 0.350. The van der Waals surface area contributed by atoms with E-state index in [2.05, 4.69) is 32.4 Å². The first-order valence-electron chi connectivity index (χ1n) is 8.36. The molecule has 3 aromatic heterocycles. The summed E-state index contributed by atoms with van der Waals surface area (Å²) in [7, 11) is 0. The molecule has 0 saturated carbocycles. The van der Waals surface area contributed by atoms with Gasteiger partial charge in [-0.25, -0.2) is 9.97 Å². The average molecular weight is 307 g/mol. The zero-order valence-corrected chi connectivity index (χ0v) is 13.4. The van der Waals surface area contributed by atoms with Gasteiger partial charge < -0.3 is 0 Å². The first-order chi connectivity index (χ1) is 11.4. The van der Waals surface area contributed by atoms with Crippen LogP contribution in [0, 0.1) is 0 Å². The second-order valence-corrected chi connectivity index (χ2v) is 6.00. The van der Waals surface area contributed by atoms with Crippen LogP contribution in [0.3, 0.4) is 0 Å². The largest absolute Gasteiger partial charge is 0.294 e. The van der Waals surface area contributed by atoms with Crippen molar-refractivity contribution in [2.24, 2.45) is 0 Å². The van der Waals surface area contributed by atoms with Crippen LogP contribution in [-0.4, -0.2) is 37.5 Å². The maximum Gasteiger partial charge on any atom is 0.164 e. The highest BCUT2D eigenvalue weighted by atomic mass is 15.2. The van der Waals surface area contributed by atoms with Crippen molar-refractivity contribution >= 4 is 11.2 Å². The Morgan fingerprint density at radius 2 is 2.09 bits per heavy atom. The first kappa shape index (κ1) is 14.3. The Bertz CT molecular complexity index is 796. The molecule has 1 saturated heterocycles. The van der Waals surface area contributed by atoms with E-state index in [1.54, 1.807) is 6.20 Å². The molecular formula is C18H21N5. The third-order valence-electron chi connectivity index (χ3n) is 4.66. The van der Waals surface area contributed by atoms with Crippen molar-refractivity contribution in [1.82, 2.24) is 24.4 Å². The lowest BCUT2D eigenvalue weighted by molar-refractivity contribution is 0.149. The van der Waals surface area contributed by atoms with Crippen molar-refractivity contribution in [2.45, 2.75) is 32.2 Å². The van der Waals surface area contributed by atoms with E-state index in [9.17, 15) is 0 Å². The summed E-state index contributed by atoms with van der Waals surface area (Å²) in [6.45, 7) is 4.42. The molecule has 1 aliphatic rings. The number of rotatable bonds is 3. The number of hydrogen-bond donors (Lipinski definition) is 0. The Labute approximate surface area is 136 Å². The van der Waals surface area contributed by atoms with E-state index in [0.717, 1.165) is 42.2 Å². The van der Waals surface area contributed by atoms with Crippen molar-refractivity contribution in [3.05, 3.63) is 48.7 Å². The van der Waals surface area contributed by atoms with Crippen molar-refractivity contribution in [3.8, 4) is 5.69 Å². The van der Waals surface area contributed by atoms with Crippen LogP contribution in [-0.2, 0) is 0 Å². The smallest absolute Gasteiger partial charge is 0.164 e. The second kappa shape index (κ2) is 6.08. The molecule has 0 aliphatic carbocycles. The van der Waals surface area contributed by atoms with Crippen LogP contribution in [0.4, 0.5) is 0 Å². The molecular weight excluding hydrogens is 286 g/mol. The highest BCUT2D eigenvalue weighted by Gasteiger charge is 2.28. The van der Waals surface area contributed by atoms with Gasteiger partial charge in [0.1, 0.15) is 11.3 Å². The summed E-state index contributed by atoms with van der Waals surface area (Å²) < 4.78 is 2.18. The van der Waals surface area contributed by atoms with Gasteiger partial charge in [-0.2, -0.15) is 0 Å². The molecule has 0 bridgehead atoms. The topological polar surface area (TPSA) is 46.8 Å². The number of nitrogens with zero attached hydrogens (tertiary/aromatic N) is 5. The fourth-order valence-corrected chi connectivity index (χ4v) is 3.56. The quantitative estimate of drug-likeness (QED) is 0.744. The van der Waals surface area contributed by atoms with Gasteiger partial charge in [-0.1, -0.05) is 13.3 Å². The van der Waals surface area contributed by atoms with E-state index in [4.69, 9.17) is 4.98 Å². The minimum Gasteiger partial charge on any atom is -0.294 e. The second-order valence-electron chi connectivity index (χ2n) is 6.00. The highest BCUT2D eigenvalue weighted by molar-refractivity contribution is 5.73. The number of likely N-dealkylation sites (tertiary alicyclic amines) is 1. The molecule has 0 aromatic carbocycles. The van der Waals surface area contributed by atoms with Gasteiger partial charge in [0.15, 0.2) is 5.65 Å². The Hall–Kier alpha value is -2.27. The summed E-state index contributed by atoms with van der Waals surface area (Å²) in [6.07, 6.45) is 9.20. The fourth-order valence-electron chi connectivity index (χ4n) is 3.56. The molecule has 0 N–H and O–H groups in total. The van der Waals surface area contributed by atoms with Crippen LogP contribution in [0.1, 0.15) is 38.1 Å². The van der Waals surface area contributed by atoms with Gasteiger partial charge in [0.05, 0.1) is 17.9 Å². The first-order valence-corrected chi connectivity index (χ1v) is 8.36. The Balaban J connectivity index is 1.92.